The minimum absolute atomic E-state index is 0.0398. The Hall–Kier alpha value is -4.32. The van der Waals surface area contributed by atoms with Crippen molar-refractivity contribution in [1.82, 2.24) is 19.7 Å². The summed E-state index contributed by atoms with van der Waals surface area (Å²) >= 11 is 0. The molecule has 0 spiro atoms. The molecule has 5 rings (SSSR count). The monoisotopic (exact) mass is 476 g/mol. The Morgan fingerprint density at radius 3 is 2.39 bits per heavy atom. The number of carbonyl (C=O) groups excluding carboxylic acids is 2. The van der Waals surface area contributed by atoms with Crippen molar-refractivity contribution in [2.75, 3.05) is 13.1 Å². The highest BCUT2D eigenvalue weighted by molar-refractivity contribution is 5.98. The van der Waals surface area contributed by atoms with Gasteiger partial charge in [-0.25, -0.2) is 4.68 Å². The molecule has 0 saturated carbocycles. The van der Waals surface area contributed by atoms with Crippen LogP contribution in [-0.4, -0.2) is 44.4 Å². The van der Waals surface area contributed by atoms with Crippen molar-refractivity contribution in [3.63, 3.8) is 0 Å². The lowest BCUT2D eigenvalue weighted by Gasteiger charge is -2.30. The van der Waals surface area contributed by atoms with E-state index in [2.05, 4.69) is 4.98 Å². The first-order chi connectivity index (χ1) is 17.6. The molecular weight excluding hydrogens is 448 g/mol. The van der Waals surface area contributed by atoms with Crippen LogP contribution in [-0.2, 0) is 4.79 Å². The number of Topliss-reactive ketones (excluding diaryl/α,β-unsaturated/α-hetero) is 1. The van der Waals surface area contributed by atoms with Gasteiger partial charge in [0.2, 0.25) is 5.91 Å². The van der Waals surface area contributed by atoms with E-state index < -0.39 is 0 Å². The molecule has 2 aromatic heterocycles. The standard InChI is InChI=1S/C30H28N4O2/c1-22-9-11-23(12-10-22)30(36)24-15-18-33(19-16-24)28(35)14-13-26-21-34(27-7-3-2-4-8-27)32-29(26)25-6-5-17-31-20-25/h2-14,17,20-21,24H,15-16,18-19H2,1H3. The predicted octanol–water partition coefficient (Wildman–Crippen LogP) is 5.38. The van der Waals surface area contributed by atoms with Crippen LogP contribution >= 0.6 is 0 Å². The van der Waals surface area contributed by atoms with E-state index in [1.165, 1.54) is 0 Å². The number of para-hydroxylation sites is 1. The van der Waals surface area contributed by atoms with Gasteiger partial charge in [0.25, 0.3) is 0 Å². The first-order valence-electron chi connectivity index (χ1n) is 12.2. The smallest absolute Gasteiger partial charge is 0.246 e. The molecule has 2 aromatic carbocycles. The van der Waals surface area contributed by atoms with Gasteiger partial charge in [0.15, 0.2) is 5.78 Å². The van der Waals surface area contributed by atoms with Gasteiger partial charge in [-0.15, -0.1) is 0 Å². The second-order valence-electron chi connectivity index (χ2n) is 9.12. The molecule has 1 aliphatic heterocycles. The van der Waals surface area contributed by atoms with Crippen LogP contribution in [0.1, 0.15) is 34.3 Å². The van der Waals surface area contributed by atoms with Crippen molar-refractivity contribution in [1.29, 1.82) is 0 Å². The number of benzene rings is 2. The molecule has 1 saturated heterocycles. The number of hydrogen-bond acceptors (Lipinski definition) is 4. The summed E-state index contributed by atoms with van der Waals surface area (Å²) in [5.41, 5.74) is 5.31. The van der Waals surface area contributed by atoms with E-state index in [4.69, 9.17) is 5.10 Å². The molecule has 6 nitrogen and oxygen atoms in total. The summed E-state index contributed by atoms with van der Waals surface area (Å²) in [5.74, 6) is 0.0786. The maximum Gasteiger partial charge on any atom is 0.246 e. The number of amides is 1. The number of carbonyl (C=O) groups is 2. The van der Waals surface area contributed by atoms with E-state index >= 15 is 0 Å². The van der Waals surface area contributed by atoms with Crippen molar-refractivity contribution >= 4 is 17.8 Å². The third-order valence-electron chi connectivity index (χ3n) is 6.62. The van der Waals surface area contributed by atoms with Crippen molar-refractivity contribution in [3.8, 4) is 16.9 Å². The van der Waals surface area contributed by atoms with Gasteiger partial charge in [0.05, 0.1) is 5.69 Å². The van der Waals surface area contributed by atoms with Crippen molar-refractivity contribution in [2.24, 2.45) is 5.92 Å². The van der Waals surface area contributed by atoms with Gasteiger partial charge in [-0.3, -0.25) is 14.6 Å². The van der Waals surface area contributed by atoms with Crippen LogP contribution in [0.4, 0.5) is 0 Å². The lowest BCUT2D eigenvalue weighted by atomic mass is 9.88. The van der Waals surface area contributed by atoms with Crippen LogP contribution < -0.4 is 0 Å². The first kappa shape index (κ1) is 23.4. The quantitative estimate of drug-likeness (QED) is 0.277. The van der Waals surface area contributed by atoms with Gasteiger partial charge in [0, 0.05) is 60.4 Å². The van der Waals surface area contributed by atoms with E-state index in [0.29, 0.717) is 25.9 Å². The lowest BCUT2D eigenvalue weighted by Crippen LogP contribution is -2.39. The fourth-order valence-electron chi connectivity index (χ4n) is 4.53. The van der Waals surface area contributed by atoms with Crippen LogP contribution in [0.5, 0.6) is 0 Å². The molecule has 1 amide bonds. The Morgan fingerprint density at radius 1 is 0.944 bits per heavy atom. The number of piperidine rings is 1. The van der Waals surface area contributed by atoms with Crippen molar-refractivity contribution < 1.29 is 9.59 Å². The summed E-state index contributed by atoms with van der Waals surface area (Å²) in [6.45, 7) is 3.16. The summed E-state index contributed by atoms with van der Waals surface area (Å²) in [5, 5.41) is 4.77. The van der Waals surface area contributed by atoms with Crippen molar-refractivity contribution in [3.05, 3.63) is 108 Å². The van der Waals surface area contributed by atoms with Gasteiger partial charge in [-0.05, 0) is 50.1 Å². The molecule has 180 valence electrons. The fraction of sp³-hybridized carbons (Fsp3) is 0.200. The normalized spacial score (nSPS) is 14.3. The largest absolute Gasteiger partial charge is 0.339 e. The zero-order valence-corrected chi connectivity index (χ0v) is 20.2. The van der Waals surface area contributed by atoms with Gasteiger partial charge >= 0.3 is 0 Å². The van der Waals surface area contributed by atoms with E-state index in [0.717, 1.165) is 33.6 Å². The van der Waals surface area contributed by atoms with E-state index in [9.17, 15) is 9.59 Å². The molecule has 0 unspecified atom stereocenters. The van der Waals surface area contributed by atoms with Crippen LogP contribution in [0, 0.1) is 12.8 Å². The number of hydrogen-bond donors (Lipinski definition) is 0. The fourth-order valence-corrected chi connectivity index (χ4v) is 4.53. The number of rotatable bonds is 6. The van der Waals surface area contributed by atoms with E-state index in [-0.39, 0.29) is 17.6 Å². The Labute approximate surface area is 210 Å². The van der Waals surface area contributed by atoms with Crippen LogP contribution in [0.3, 0.4) is 0 Å². The zero-order valence-electron chi connectivity index (χ0n) is 20.2. The summed E-state index contributed by atoms with van der Waals surface area (Å²) < 4.78 is 1.81. The van der Waals surface area contributed by atoms with Gasteiger partial charge < -0.3 is 4.90 Å². The molecular formula is C30H28N4O2. The topological polar surface area (TPSA) is 68.1 Å². The van der Waals surface area contributed by atoms with Gasteiger partial charge in [-0.1, -0.05) is 48.0 Å². The van der Waals surface area contributed by atoms with Gasteiger partial charge in [0.1, 0.15) is 5.69 Å². The molecule has 0 atom stereocenters. The molecule has 1 fully saturated rings. The highest BCUT2D eigenvalue weighted by Gasteiger charge is 2.27. The Balaban J connectivity index is 1.29. The number of ketones is 1. The molecule has 0 aliphatic carbocycles. The molecule has 0 N–H and O–H groups in total. The average molecular weight is 477 g/mol. The third kappa shape index (κ3) is 5.18. The Kier molecular flexibility index (Phi) is 6.85. The predicted molar refractivity (Wildman–Crippen MR) is 141 cm³/mol. The third-order valence-corrected chi connectivity index (χ3v) is 6.62. The van der Waals surface area contributed by atoms with Crippen LogP contribution in [0.15, 0.2) is 91.4 Å². The number of aryl methyl sites for hydroxylation is 1. The summed E-state index contributed by atoms with van der Waals surface area (Å²) in [4.78, 5) is 31.9. The second-order valence-corrected chi connectivity index (χ2v) is 9.12. The molecule has 4 aromatic rings. The lowest BCUT2D eigenvalue weighted by molar-refractivity contribution is -0.127. The Morgan fingerprint density at radius 2 is 1.69 bits per heavy atom. The zero-order chi connectivity index (χ0) is 24.9. The number of likely N-dealkylation sites (tertiary alicyclic amines) is 1. The molecule has 6 heteroatoms. The van der Waals surface area contributed by atoms with E-state index in [1.54, 1.807) is 18.5 Å². The minimum atomic E-state index is -0.0548. The summed E-state index contributed by atoms with van der Waals surface area (Å²) in [7, 11) is 0. The van der Waals surface area contributed by atoms with Crippen molar-refractivity contribution in [2.45, 2.75) is 19.8 Å². The first-order valence-corrected chi connectivity index (χ1v) is 12.2. The average Bonchev–Trinajstić information content (AvgIpc) is 3.37. The SMILES string of the molecule is Cc1ccc(C(=O)C2CCN(C(=O)C=Cc3cn(-c4ccccc4)nc3-c3cccnc3)CC2)cc1. The van der Waals surface area contributed by atoms with Gasteiger partial charge in [-0.2, -0.15) is 5.10 Å². The summed E-state index contributed by atoms with van der Waals surface area (Å²) in [6, 6.07) is 21.4. The maximum atomic E-state index is 13.0. The molecule has 0 bridgehead atoms. The maximum absolute atomic E-state index is 13.0. The highest BCUT2D eigenvalue weighted by Crippen LogP contribution is 2.25. The van der Waals surface area contributed by atoms with Crippen LogP contribution in [0.2, 0.25) is 0 Å². The molecule has 0 radical (unpaired) electrons. The van der Waals surface area contributed by atoms with E-state index in [1.807, 2.05) is 95.5 Å². The second kappa shape index (κ2) is 10.5. The number of pyridine rings is 1. The number of aromatic nitrogens is 3. The van der Waals surface area contributed by atoms with Crippen LogP contribution in [0.25, 0.3) is 23.0 Å². The minimum Gasteiger partial charge on any atom is -0.339 e. The summed E-state index contributed by atoms with van der Waals surface area (Å²) in [6.07, 6.45) is 10.2. The molecule has 36 heavy (non-hydrogen) atoms. The Bertz CT molecular complexity index is 1370. The molecule has 3 heterocycles. The highest BCUT2D eigenvalue weighted by atomic mass is 16.2. The number of nitrogens with zero attached hydrogens (tertiary/aromatic N) is 4. The molecule has 1 aliphatic rings.